The zero-order valence-corrected chi connectivity index (χ0v) is 20.7. The van der Waals surface area contributed by atoms with Crippen molar-refractivity contribution >= 4 is 23.2 Å². The molecule has 0 radical (unpaired) electrons. The van der Waals surface area contributed by atoms with E-state index >= 15 is 0 Å². The number of anilines is 1. The smallest absolute Gasteiger partial charge is 0.290 e. The third kappa shape index (κ3) is 4.34. The Balaban J connectivity index is 1.49. The number of aromatic nitrogens is 4. The van der Waals surface area contributed by atoms with Gasteiger partial charge in [0.1, 0.15) is 5.02 Å². The van der Waals surface area contributed by atoms with Gasteiger partial charge in [-0.15, -0.1) is 0 Å². The van der Waals surface area contributed by atoms with Crippen LogP contribution in [0.25, 0.3) is 0 Å². The van der Waals surface area contributed by atoms with Gasteiger partial charge in [-0.25, -0.2) is 0 Å². The van der Waals surface area contributed by atoms with E-state index in [1.165, 1.54) is 4.68 Å². The first kappa shape index (κ1) is 23.6. The van der Waals surface area contributed by atoms with Crippen molar-refractivity contribution in [1.29, 1.82) is 0 Å². The van der Waals surface area contributed by atoms with E-state index in [0.29, 0.717) is 31.8 Å². The first-order valence-corrected chi connectivity index (χ1v) is 12.3. The summed E-state index contributed by atoms with van der Waals surface area (Å²) in [6.07, 6.45) is 4.53. The number of hydrogen-bond donors (Lipinski definition) is 1. The van der Waals surface area contributed by atoms with E-state index in [0.717, 1.165) is 41.6 Å². The second-order valence-corrected chi connectivity index (χ2v) is 9.70. The van der Waals surface area contributed by atoms with E-state index < -0.39 is 12.1 Å². The molecular weight excluding hydrogens is 468 g/mol. The van der Waals surface area contributed by atoms with E-state index in [9.17, 15) is 9.59 Å². The van der Waals surface area contributed by atoms with Crippen molar-refractivity contribution in [3.8, 4) is 0 Å². The number of carbonyl (C=O) groups is 1. The van der Waals surface area contributed by atoms with Gasteiger partial charge >= 0.3 is 0 Å². The summed E-state index contributed by atoms with van der Waals surface area (Å²) in [7, 11) is 0. The molecule has 4 heterocycles. The van der Waals surface area contributed by atoms with Crippen LogP contribution < -0.4 is 16.2 Å². The summed E-state index contributed by atoms with van der Waals surface area (Å²) >= 11 is 6.59. The van der Waals surface area contributed by atoms with Crippen LogP contribution in [0.4, 0.5) is 5.69 Å². The van der Waals surface area contributed by atoms with Crippen LogP contribution in [0.5, 0.6) is 0 Å². The summed E-state index contributed by atoms with van der Waals surface area (Å²) < 4.78 is 8.93. The van der Waals surface area contributed by atoms with Gasteiger partial charge < -0.3 is 15.4 Å². The average molecular weight is 497 g/mol. The standard InChI is InChI=1S/C25H29ClN6O3/c1-15-7-3-4-8-17(15)13-31-19-11-16(2)30(14-18(19)23(29-31)24(27)33)20-12-28-32(25(34)22(20)26)21-9-5-6-10-35-21/h3-4,7-8,12,16,21H,5-6,9-11,13-14H2,1-2H3,(H2,27,33)/t16-,21?/m1/s1. The maximum Gasteiger partial charge on any atom is 0.290 e. The lowest BCUT2D eigenvalue weighted by Gasteiger charge is -2.36. The Morgan fingerprint density at radius 2 is 2.09 bits per heavy atom. The number of rotatable bonds is 5. The Kier molecular flexibility index (Phi) is 6.37. The topological polar surface area (TPSA) is 108 Å². The van der Waals surface area contributed by atoms with Crippen molar-refractivity contribution < 1.29 is 9.53 Å². The number of hydrogen-bond acceptors (Lipinski definition) is 6. The molecule has 10 heteroatoms. The first-order chi connectivity index (χ1) is 16.8. The number of carbonyl (C=O) groups excluding carboxylic acids is 1. The van der Waals surface area contributed by atoms with Gasteiger partial charge in [0.15, 0.2) is 11.9 Å². The zero-order chi connectivity index (χ0) is 24.7. The van der Waals surface area contributed by atoms with Gasteiger partial charge in [-0.2, -0.15) is 14.9 Å². The fourth-order valence-electron chi connectivity index (χ4n) is 5.00. The molecule has 2 aliphatic heterocycles. The Morgan fingerprint density at radius 1 is 1.29 bits per heavy atom. The van der Waals surface area contributed by atoms with E-state index in [1.54, 1.807) is 6.20 Å². The van der Waals surface area contributed by atoms with Crippen LogP contribution >= 0.6 is 11.6 Å². The van der Waals surface area contributed by atoms with Crippen molar-refractivity contribution in [1.82, 2.24) is 19.6 Å². The SMILES string of the molecule is Cc1ccccc1Cn1nc(C(N)=O)c2c1C[C@@H](C)N(c1cnn(C3CCCCO3)c(=O)c1Cl)C2. The maximum absolute atomic E-state index is 13.1. The lowest BCUT2D eigenvalue weighted by atomic mass is 9.98. The number of ether oxygens (including phenoxy) is 1. The predicted octanol–water partition coefficient (Wildman–Crippen LogP) is 3.20. The van der Waals surface area contributed by atoms with Crippen molar-refractivity contribution in [2.75, 3.05) is 11.5 Å². The number of primary amides is 1. The molecule has 0 saturated carbocycles. The molecule has 1 amide bonds. The highest BCUT2D eigenvalue weighted by atomic mass is 35.5. The van der Waals surface area contributed by atoms with Crippen LogP contribution in [0.15, 0.2) is 35.3 Å². The van der Waals surface area contributed by atoms with Gasteiger partial charge in [0.05, 0.1) is 18.4 Å². The predicted molar refractivity (Wildman–Crippen MR) is 133 cm³/mol. The minimum atomic E-state index is -0.576. The molecule has 1 unspecified atom stereocenters. The Hall–Kier alpha value is -3.17. The van der Waals surface area contributed by atoms with Crippen molar-refractivity contribution in [2.24, 2.45) is 5.73 Å². The maximum atomic E-state index is 13.1. The molecule has 2 N–H and O–H groups in total. The lowest BCUT2D eigenvalue weighted by molar-refractivity contribution is -0.0424. The summed E-state index contributed by atoms with van der Waals surface area (Å²) in [4.78, 5) is 27.4. The third-order valence-corrected chi connectivity index (χ3v) is 7.35. The van der Waals surface area contributed by atoms with Crippen LogP contribution in [0.1, 0.15) is 65.3 Å². The Labute approximate surface area is 208 Å². The second kappa shape index (κ2) is 9.47. The molecule has 9 nitrogen and oxygen atoms in total. The van der Waals surface area contributed by atoms with E-state index in [4.69, 9.17) is 22.1 Å². The van der Waals surface area contributed by atoms with Crippen LogP contribution in [-0.4, -0.2) is 38.1 Å². The van der Waals surface area contributed by atoms with Crippen LogP contribution in [-0.2, 0) is 24.2 Å². The minimum Gasteiger partial charge on any atom is -0.364 e. The highest BCUT2D eigenvalue weighted by Gasteiger charge is 2.33. The molecule has 0 aliphatic carbocycles. The molecule has 184 valence electrons. The molecule has 35 heavy (non-hydrogen) atoms. The number of benzene rings is 1. The summed E-state index contributed by atoms with van der Waals surface area (Å²) in [5.74, 6) is -0.576. The summed E-state index contributed by atoms with van der Waals surface area (Å²) in [6.45, 7) is 5.62. The van der Waals surface area contributed by atoms with Crippen molar-refractivity contribution in [3.05, 3.63) is 73.9 Å². The molecule has 2 atom stereocenters. The van der Waals surface area contributed by atoms with Crippen LogP contribution in [0.2, 0.25) is 5.02 Å². The second-order valence-electron chi connectivity index (χ2n) is 9.32. The quantitative estimate of drug-likeness (QED) is 0.581. The van der Waals surface area contributed by atoms with Gasteiger partial charge in [0.25, 0.3) is 11.5 Å². The molecule has 0 bridgehead atoms. The molecule has 3 aromatic rings. The van der Waals surface area contributed by atoms with Gasteiger partial charge in [-0.3, -0.25) is 14.3 Å². The number of fused-ring (bicyclic) bond motifs is 1. The van der Waals surface area contributed by atoms with Crippen LogP contribution in [0, 0.1) is 6.92 Å². The van der Waals surface area contributed by atoms with Gasteiger partial charge in [-0.1, -0.05) is 35.9 Å². The lowest BCUT2D eigenvalue weighted by Crippen LogP contribution is -2.41. The highest BCUT2D eigenvalue weighted by molar-refractivity contribution is 6.33. The number of aryl methyl sites for hydroxylation is 1. The Bertz CT molecular complexity index is 1330. The van der Waals surface area contributed by atoms with E-state index in [-0.39, 0.29) is 22.3 Å². The molecule has 1 saturated heterocycles. The minimum absolute atomic E-state index is 0.00368. The van der Waals surface area contributed by atoms with Gasteiger partial charge in [-0.05, 0) is 44.2 Å². The fraction of sp³-hybridized carbons (Fsp3) is 0.440. The molecule has 1 fully saturated rings. The monoisotopic (exact) mass is 496 g/mol. The fourth-order valence-corrected chi connectivity index (χ4v) is 5.25. The molecule has 2 aromatic heterocycles. The van der Waals surface area contributed by atoms with Gasteiger partial charge in [0.2, 0.25) is 0 Å². The molecule has 5 rings (SSSR count). The van der Waals surface area contributed by atoms with E-state index in [1.807, 2.05) is 21.7 Å². The van der Waals surface area contributed by atoms with Gasteiger partial charge in [0, 0.05) is 36.9 Å². The molecular formula is C25H29ClN6O3. The highest BCUT2D eigenvalue weighted by Crippen LogP contribution is 2.33. The third-order valence-electron chi connectivity index (χ3n) is 6.99. The number of nitrogens with zero attached hydrogens (tertiary/aromatic N) is 5. The molecule has 1 aromatic carbocycles. The largest absolute Gasteiger partial charge is 0.364 e. The van der Waals surface area contributed by atoms with Crippen LogP contribution in [0.3, 0.4) is 0 Å². The van der Waals surface area contributed by atoms with E-state index in [2.05, 4.69) is 36.2 Å². The van der Waals surface area contributed by atoms with Crippen molar-refractivity contribution in [3.63, 3.8) is 0 Å². The number of amides is 1. The molecule has 0 spiro atoms. The Morgan fingerprint density at radius 3 is 2.80 bits per heavy atom. The summed E-state index contributed by atoms with van der Waals surface area (Å²) in [6, 6.07) is 8.10. The summed E-state index contributed by atoms with van der Waals surface area (Å²) in [5.41, 5.74) is 10.1. The average Bonchev–Trinajstić information content (AvgIpc) is 3.20. The van der Waals surface area contributed by atoms with Crippen molar-refractivity contribution in [2.45, 2.75) is 64.9 Å². The summed E-state index contributed by atoms with van der Waals surface area (Å²) in [5, 5.41) is 9.08. The molecule has 2 aliphatic rings. The zero-order valence-electron chi connectivity index (χ0n) is 19.9. The number of nitrogens with two attached hydrogens (primary N) is 1. The first-order valence-electron chi connectivity index (χ1n) is 11.9. The number of halogens is 1. The normalized spacial score (nSPS) is 20.0.